The molecule has 1 aromatic heterocycles. The average molecular weight is 288 g/mol. The molecule has 1 aliphatic heterocycles. The molecule has 0 spiro atoms. The fraction of sp³-hybridized carbons (Fsp3) is 0.0714. The normalized spacial score (nSPS) is 17.9. The molecule has 1 N–H and O–H groups in total. The van der Waals surface area contributed by atoms with Gasteiger partial charge in [0.05, 0.1) is 6.26 Å². The number of hydrogen-bond acceptors (Lipinski definition) is 4. The van der Waals surface area contributed by atoms with Gasteiger partial charge in [0.2, 0.25) is 0 Å². The minimum atomic E-state index is -0.510. The fourth-order valence-corrected chi connectivity index (χ4v) is 1.88. The van der Waals surface area contributed by atoms with Gasteiger partial charge in [0, 0.05) is 6.54 Å². The smallest absolute Gasteiger partial charge is 0.265 e. The number of amides is 2. The number of allylic oxidation sites excluding steroid dienone is 2. The van der Waals surface area contributed by atoms with Crippen molar-refractivity contribution in [3.05, 3.63) is 54.5 Å². The number of hydrogen-bond donors (Lipinski definition) is 1. The van der Waals surface area contributed by atoms with Crippen molar-refractivity contribution in [1.29, 1.82) is 0 Å². The van der Waals surface area contributed by atoms with Crippen LogP contribution in [0.3, 0.4) is 0 Å². The van der Waals surface area contributed by atoms with E-state index in [0.29, 0.717) is 5.76 Å². The van der Waals surface area contributed by atoms with E-state index in [2.05, 4.69) is 11.9 Å². The van der Waals surface area contributed by atoms with E-state index in [-0.39, 0.29) is 17.2 Å². The molecule has 0 radical (unpaired) electrons. The highest BCUT2D eigenvalue weighted by Gasteiger charge is 2.31. The number of carbonyl (C=O) groups is 2. The molecule has 2 heterocycles. The molecule has 0 bridgehead atoms. The largest absolute Gasteiger partial charge is 0.465 e. The second-order valence-electron chi connectivity index (χ2n) is 3.92. The number of thiocarbonyl (C=S) groups is 1. The Labute approximate surface area is 121 Å². The first-order chi connectivity index (χ1) is 9.63. The van der Waals surface area contributed by atoms with Crippen molar-refractivity contribution in [1.82, 2.24) is 10.2 Å². The van der Waals surface area contributed by atoms with Crippen molar-refractivity contribution in [2.75, 3.05) is 6.54 Å². The number of nitrogens with zero attached hydrogens (tertiary/aromatic N) is 1. The van der Waals surface area contributed by atoms with Gasteiger partial charge in [0.25, 0.3) is 11.8 Å². The first kappa shape index (κ1) is 14.0. The molecule has 0 aliphatic carbocycles. The van der Waals surface area contributed by atoms with Gasteiger partial charge in [-0.05, 0) is 36.5 Å². The summed E-state index contributed by atoms with van der Waals surface area (Å²) >= 11 is 4.94. The maximum absolute atomic E-state index is 12.1. The highest BCUT2D eigenvalue weighted by molar-refractivity contribution is 7.80. The second kappa shape index (κ2) is 6.12. The minimum Gasteiger partial charge on any atom is -0.465 e. The lowest BCUT2D eigenvalue weighted by atomic mass is 10.1. The van der Waals surface area contributed by atoms with Crippen LogP contribution in [0.4, 0.5) is 0 Å². The van der Waals surface area contributed by atoms with Gasteiger partial charge >= 0.3 is 0 Å². The summed E-state index contributed by atoms with van der Waals surface area (Å²) in [5.41, 5.74) is 0.0169. The summed E-state index contributed by atoms with van der Waals surface area (Å²) in [6.45, 7) is 3.80. The van der Waals surface area contributed by atoms with E-state index in [1.165, 1.54) is 23.3 Å². The van der Waals surface area contributed by atoms with Crippen LogP contribution in [0.15, 0.2) is 53.2 Å². The van der Waals surface area contributed by atoms with Crippen LogP contribution < -0.4 is 5.32 Å². The molecule has 6 heteroatoms. The lowest BCUT2D eigenvalue weighted by Crippen LogP contribution is -2.53. The van der Waals surface area contributed by atoms with Crippen molar-refractivity contribution in [2.24, 2.45) is 0 Å². The molecule has 5 nitrogen and oxygen atoms in total. The van der Waals surface area contributed by atoms with Crippen LogP contribution in [0.5, 0.6) is 0 Å². The van der Waals surface area contributed by atoms with Crippen molar-refractivity contribution < 1.29 is 14.0 Å². The van der Waals surface area contributed by atoms with E-state index in [4.69, 9.17) is 16.6 Å². The highest BCUT2D eigenvalue weighted by Crippen LogP contribution is 2.11. The molecular weight excluding hydrogens is 276 g/mol. The molecule has 1 aliphatic rings. The lowest BCUT2D eigenvalue weighted by Gasteiger charge is -2.27. The van der Waals surface area contributed by atoms with Gasteiger partial charge in [-0.1, -0.05) is 12.2 Å². The van der Waals surface area contributed by atoms with Crippen LogP contribution in [0.1, 0.15) is 5.76 Å². The molecule has 102 valence electrons. The lowest BCUT2D eigenvalue weighted by molar-refractivity contribution is -0.128. The third kappa shape index (κ3) is 2.92. The minimum absolute atomic E-state index is 0.0169. The zero-order valence-electron chi connectivity index (χ0n) is 10.5. The van der Waals surface area contributed by atoms with E-state index in [1.54, 1.807) is 24.3 Å². The zero-order valence-corrected chi connectivity index (χ0v) is 11.4. The second-order valence-corrected chi connectivity index (χ2v) is 4.31. The number of nitrogens with one attached hydrogen (secondary N) is 1. The van der Waals surface area contributed by atoms with E-state index in [9.17, 15) is 9.59 Å². The Kier molecular flexibility index (Phi) is 4.27. The summed E-state index contributed by atoms with van der Waals surface area (Å²) < 4.78 is 5.11. The van der Waals surface area contributed by atoms with Crippen LogP contribution in [-0.4, -0.2) is 28.4 Å². The monoisotopic (exact) mass is 288 g/mol. The Morgan fingerprint density at radius 1 is 1.45 bits per heavy atom. The molecule has 2 rings (SSSR count). The summed E-state index contributed by atoms with van der Waals surface area (Å²) in [7, 11) is 0. The fourth-order valence-electron chi connectivity index (χ4n) is 1.63. The van der Waals surface area contributed by atoms with Crippen LogP contribution in [0.2, 0.25) is 0 Å². The van der Waals surface area contributed by atoms with Gasteiger partial charge in [0.15, 0.2) is 5.11 Å². The van der Waals surface area contributed by atoms with Gasteiger partial charge in [-0.15, -0.1) is 6.58 Å². The van der Waals surface area contributed by atoms with Gasteiger partial charge in [-0.2, -0.15) is 0 Å². The number of rotatable bonds is 4. The van der Waals surface area contributed by atoms with E-state index >= 15 is 0 Å². The van der Waals surface area contributed by atoms with E-state index in [0.717, 1.165) is 0 Å². The van der Waals surface area contributed by atoms with Gasteiger partial charge in [-0.3, -0.25) is 19.8 Å². The van der Waals surface area contributed by atoms with Crippen LogP contribution in [0.25, 0.3) is 6.08 Å². The molecule has 0 atom stereocenters. The SMILES string of the molecule is C=CCN1C(=O)C(=C/C=C/c2ccco2)C(=O)NC1=S. The summed E-state index contributed by atoms with van der Waals surface area (Å²) in [6.07, 6.45) is 7.73. The number of furan rings is 1. The van der Waals surface area contributed by atoms with Crippen molar-refractivity contribution >= 4 is 35.2 Å². The predicted molar refractivity (Wildman–Crippen MR) is 78.5 cm³/mol. The van der Waals surface area contributed by atoms with Crippen LogP contribution in [-0.2, 0) is 9.59 Å². The van der Waals surface area contributed by atoms with E-state index in [1.807, 2.05) is 0 Å². The Balaban J connectivity index is 2.20. The predicted octanol–water partition coefficient (Wildman–Crippen LogP) is 1.65. The molecule has 1 aromatic rings. The highest BCUT2D eigenvalue weighted by atomic mass is 32.1. The van der Waals surface area contributed by atoms with Crippen molar-refractivity contribution in [2.45, 2.75) is 0 Å². The van der Waals surface area contributed by atoms with E-state index < -0.39 is 11.8 Å². The maximum atomic E-state index is 12.1. The quantitative estimate of drug-likeness (QED) is 0.396. The van der Waals surface area contributed by atoms with Crippen molar-refractivity contribution in [3.8, 4) is 0 Å². The molecule has 0 saturated carbocycles. The first-order valence-electron chi connectivity index (χ1n) is 5.83. The average Bonchev–Trinajstić information content (AvgIpc) is 2.91. The van der Waals surface area contributed by atoms with Gasteiger partial charge < -0.3 is 4.42 Å². The Bertz CT molecular complexity index is 614. The summed E-state index contributed by atoms with van der Waals surface area (Å²) in [6, 6.07) is 3.51. The standard InChI is InChI=1S/C14H12N2O3S/c1-2-8-16-13(18)11(12(17)15-14(16)20)7-3-5-10-6-4-9-19-10/h2-7,9H,1,8H2,(H,15,17,20)/b5-3+,11-7?. The zero-order chi connectivity index (χ0) is 14.5. The molecular formula is C14H12N2O3S. The topological polar surface area (TPSA) is 62.6 Å². The summed E-state index contributed by atoms with van der Waals surface area (Å²) in [5.74, 6) is -0.323. The summed E-state index contributed by atoms with van der Waals surface area (Å²) in [5, 5.41) is 2.55. The maximum Gasteiger partial charge on any atom is 0.265 e. The van der Waals surface area contributed by atoms with Crippen LogP contribution in [0, 0.1) is 0 Å². The third-order valence-corrected chi connectivity index (χ3v) is 2.89. The molecule has 1 saturated heterocycles. The Hall–Kier alpha value is -2.47. The van der Waals surface area contributed by atoms with Crippen molar-refractivity contribution in [3.63, 3.8) is 0 Å². The summed E-state index contributed by atoms with van der Waals surface area (Å²) in [4.78, 5) is 25.2. The van der Waals surface area contributed by atoms with Gasteiger partial charge in [-0.25, -0.2) is 0 Å². The molecule has 0 unspecified atom stereocenters. The molecule has 1 fully saturated rings. The molecule has 0 aromatic carbocycles. The Morgan fingerprint density at radius 3 is 2.90 bits per heavy atom. The third-order valence-electron chi connectivity index (χ3n) is 2.56. The molecule has 20 heavy (non-hydrogen) atoms. The number of carbonyl (C=O) groups excluding carboxylic acids is 2. The molecule has 2 amide bonds. The first-order valence-corrected chi connectivity index (χ1v) is 6.24. The van der Waals surface area contributed by atoms with Gasteiger partial charge in [0.1, 0.15) is 11.3 Å². The van der Waals surface area contributed by atoms with Crippen LogP contribution >= 0.6 is 12.2 Å². The Morgan fingerprint density at radius 2 is 2.25 bits per heavy atom.